The minimum absolute atomic E-state index is 0.0876. The summed E-state index contributed by atoms with van der Waals surface area (Å²) in [6.07, 6.45) is 2.44. The van der Waals surface area contributed by atoms with Crippen LogP contribution < -0.4 is 0 Å². The fraction of sp³-hybridized carbons (Fsp3) is 0.500. The number of rotatable bonds is 10. The Kier molecular flexibility index (Phi) is 9.50. The molecule has 0 aromatic heterocycles. The maximum absolute atomic E-state index is 13.1. The van der Waals surface area contributed by atoms with Crippen molar-refractivity contribution in [2.24, 2.45) is 0 Å². The lowest BCUT2D eigenvalue weighted by Gasteiger charge is -2.38. The molecule has 0 saturated carbocycles. The third kappa shape index (κ3) is 6.58. The molecule has 0 spiro atoms. The Morgan fingerprint density at radius 2 is 1.65 bits per heavy atom. The maximum Gasteiger partial charge on any atom is 0.409 e. The number of methoxy groups -OCH3 is 1. The molecule has 0 bridgehead atoms. The van der Waals surface area contributed by atoms with Gasteiger partial charge in [-0.15, -0.1) is 0 Å². The Hall–Kier alpha value is -2.42. The summed E-state index contributed by atoms with van der Waals surface area (Å²) in [5, 5.41) is 0. The molecule has 2 aromatic carbocycles. The average molecular weight is 488 g/mol. The van der Waals surface area contributed by atoms with E-state index in [1.807, 2.05) is 36.1 Å². The highest BCUT2D eigenvalue weighted by Crippen LogP contribution is 2.25. The van der Waals surface area contributed by atoms with Crippen molar-refractivity contribution in [1.29, 1.82) is 0 Å². The summed E-state index contributed by atoms with van der Waals surface area (Å²) in [4.78, 5) is 16.6. The molecule has 1 atom stereocenters. The second-order valence-electron chi connectivity index (χ2n) is 8.82. The Morgan fingerprint density at radius 1 is 1.06 bits per heavy atom. The van der Waals surface area contributed by atoms with Crippen molar-refractivity contribution in [1.82, 2.24) is 14.1 Å². The Balaban J connectivity index is 1.63. The van der Waals surface area contributed by atoms with E-state index in [0.29, 0.717) is 18.0 Å². The van der Waals surface area contributed by atoms with Crippen molar-refractivity contribution in [3.8, 4) is 0 Å². The number of hydrogen-bond donors (Lipinski definition) is 0. The molecule has 34 heavy (non-hydrogen) atoms. The van der Waals surface area contributed by atoms with E-state index in [0.717, 1.165) is 44.5 Å². The number of carbonyl (C=O) groups excluding carboxylic acids is 1. The third-order valence-electron chi connectivity index (χ3n) is 6.74. The van der Waals surface area contributed by atoms with E-state index >= 15 is 0 Å². The molecule has 1 unspecified atom stereocenters. The van der Waals surface area contributed by atoms with Crippen molar-refractivity contribution < 1.29 is 17.9 Å². The smallest absolute Gasteiger partial charge is 0.409 e. The number of carbonyl (C=O) groups is 1. The van der Waals surface area contributed by atoms with Crippen LogP contribution in [0.3, 0.4) is 0 Å². The molecule has 1 amide bonds. The van der Waals surface area contributed by atoms with Crippen LogP contribution in [0.1, 0.15) is 37.7 Å². The van der Waals surface area contributed by atoms with E-state index in [1.54, 1.807) is 31.3 Å². The topological polar surface area (TPSA) is 70.2 Å². The molecule has 0 radical (unpaired) electrons. The predicted octanol–water partition coefficient (Wildman–Crippen LogP) is 4.03. The molecule has 1 aliphatic heterocycles. The van der Waals surface area contributed by atoms with Gasteiger partial charge in [0.05, 0.1) is 12.0 Å². The van der Waals surface area contributed by atoms with Gasteiger partial charge in [-0.3, -0.25) is 0 Å². The molecule has 1 fully saturated rings. The summed E-state index contributed by atoms with van der Waals surface area (Å²) >= 11 is 0. The molecule has 186 valence electrons. The summed E-state index contributed by atoms with van der Waals surface area (Å²) in [6, 6.07) is 19.0. The summed E-state index contributed by atoms with van der Waals surface area (Å²) in [5.41, 5.74) is 1.15. The van der Waals surface area contributed by atoms with Crippen LogP contribution in [0.2, 0.25) is 0 Å². The number of ether oxygens (including phenoxy) is 1. The standard InChI is InChI=1S/C26H37N3O4S/c1-4-29(26(30)33-3)24-16-19-28(20-17-24)18-15-23(22-11-7-5-8-12-22)21-27(2)34(31,32)25-13-9-6-10-14-25/h5-14,23-24H,4,15-21H2,1-3H3. The summed E-state index contributed by atoms with van der Waals surface area (Å²) < 4.78 is 32.6. The number of piperidine rings is 1. The Labute approximate surface area is 204 Å². The molecule has 2 aromatic rings. The number of sulfonamides is 1. The first-order valence-corrected chi connectivity index (χ1v) is 13.4. The highest BCUT2D eigenvalue weighted by molar-refractivity contribution is 7.89. The van der Waals surface area contributed by atoms with Crippen molar-refractivity contribution in [3.05, 3.63) is 66.2 Å². The minimum Gasteiger partial charge on any atom is -0.453 e. The van der Waals surface area contributed by atoms with Gasteiger partial charge in [-0.1, -0.05) is 48.5 Å². The lowest BCUT2D eigenvalue weighted by Crippen LogP contribution is -2.47. The van der Waals surface area contributed by atoms with Gasteiger partial charge in [0.2, 0.25) is 10.0 Å². The van der Waals surface area contributed by atoms with Gasteiger partial charge < -0.3 is 14.5 Å². The number of hydrogen-bond acceptors (Lipinski definition) is 5. The zero-order valence-electron chi connectivity index (χ0n) is 20.5. The monoisotopic (exact) mass is 487 g/mol. The van der Waals surface area contributed by atoms with Crippen LogP contribution in [0, 0.1) is 0 Å². The van der Waals surface area contributed by atoms with Crippen LogP contribution in [0.5, 0.6) is 0 Å². The van der Waals surface area contributed by atoms with Gasteiger partial charge in [0, 0.05) is 39.3 Å². The van der Waals surface area contributed by atoms with Gasteiger partial charge in [0.25, 0.3) is 0 Å². The van der Waals surface area contributed by atoms with Crippen molar-refractivity contribution in [3.63, 3.8) is 0 Å². The number of benzene rings is 2. The molecule has 1 heterocycles. The van der Waals surface area contributed by atoms with E-state index in [4.69, 9.17) is 4.74 Å². The first-order chi connectivity index (χ1) is 16.4. The predicted molar refractivity (Wildman–Crippen MR) is 134 cm³/mol. The van der Waals surface area contributed by atoms with Crippen LogP contribution in [-0.4, -0.2) is 81.5 Å². The van der Waals surface area contributed by atoms with Crippen molar-refractivity contribution >= 4 is 16.1 Å². The largest absolute Gasteiger partial charge is 0.453 e. The molecule has 8 heteroatoms. The first kappa shape index (κ1) is 26.2. The van der Waals surface area contributed by atoms with E-state index < -0.39 is 10.0 Å². The average Bonchev–Trinajstić information content (AvgIpc) is 2.88. The SMILES string of the molecule is CCN(C(=O)OC)C1CCN(CCC(CN(C)S(=O)(=O)c2ccccc2)c2ccccc2)CC1. The van der Waals surface area contributed by atoms with Crippen LogP contribution >= 0.6 is 0 Å². The molecular formula is C26H37N3O4S. The fourth-order valence-corrected chi connectivity index (χ4v) is 5.95. The molecule has 3 rings (SSSR count). The summed E-state index contributed by atoms with van der Waals surface area (Å²) in [6.45, 7) is 5.76. The zero-order valence-corrected chi connectivity index (χ0v) is 21.3. The van der Waals surface area contributed by atoms with Crippen molar-refractivity contribution in [2.75, 3.05) is 46.9 Å². The first-order valence-electron chi connectivity index (χ1n) is 12.0. The number of amides is 1. The minimum atomic E-state index is -3.55. The molecule has 0 N–H and O–H groups in total. The van der Waals surface area contributed by atoms with E-state index in [-0.39, 0.29) is 18.1 Å². The molecule has 7 nitrogen and oxygen atoms in total. The van der Waals surface area contributed by atoms with Gasteiger partial charge in [0.1, 0.15) is 0 Å². The lowest BCUT2D eigenvalue weighted by atomic mass is 9.94. The van der Waals surface area contributed by atoms with Gasteiger partial charge >= 0.3 is 6.09 Å². The Bertz CT molecular complexity index is 993. The highest BCUT2D eigenvalue weighted by atomic mass is 32.2. The highest BCUT2D eigenvalue weighted by Gasteiger charge is 2.29. The number of likely N-dealkylation sites (tertiary alicyclic amines) is 1. The van der Waals surface area contributed by atoms with Crippen molar-refractivity contribution in [2.45, 2.75) is 43.0 Å². The summed E-state index contributed by atoms with van der Waals surface area (Å²) in [5.74, 6) is 0.0876. The third-order valence-corrected chi connectivity index (χ3v) is 8.58. The van der Waals surface area contributed by atoms with Gasteiger partial charge in [-0.2, -0.15) is 0 Å². The fourth-order valence-electron chi connectivity index (χ4n) is 4.72. The molecule has 1 aliphatic rings. The zero-order chi connectivity index (χ0) is 24.6. The Morgan fingerprint density at radius 3 is 2.21 bits per heavy atom. The summed E-state index contributed by atoms with van der Waals surface area (Å²) in [7, 11) is -0.453. The van der Waals surface area contributed by atoms with Crippen LogP contribution in [-0.2, 0) is 14.8 Å². The molecular weight excluding hydrogens is 450 g/mol. The van der Waals surface area contributed by atoms with Crippen LogP contribution in [0.15, 0.2) is 65.6 Å². The van der Waals surface area contributed by atoms with E-state index in [9.17, 15) is 13.2 Å². The maximum atomic E-state index is 13.1. The van der Waals surface area contributed by atoms with Gasteiger partial charge in [-0.05, 0) is 56.3 Å². The van der Waals surface area contributed by atoms with E-state index in [1.165, 1.54) is 11.4 Å². The lowest BCUT2D eigenvalue weighted by molar-refractivity contribution is 0.0800. The van der Waals surface area contributed by atoms with Crippen LogP contribution in [0.4, 0.5) is 4.79 Å². The molecule has 0 aliphatic carbocycles. The van der Waals surface area contributed by atoms with Gasteiger partial charge in [-0.25, -0.2) is 17.5 Å². The quantitative estimate of drug-likeness (QED) is 0.506. The normalized spacial score (nSPS) is 16.4. The molecule has 1 saturated heterocycles. The number of nitrogens with zero attached hydrogens (tertiary/aromatic N) is 3. The number of likely N-dealkylation sites (N-methyl/N-ethyl adjacent to an activating group) is 1. The van der Waals surface area contributed by atoms with Gasteiger partial charge in [0.15, 0.2) is 0 Å². The second kappa shape index (κ2) is 12.3. The second-order valence-corrected chi connectivity index (χ2v) is 10.9. The van der Waals surface area contributed by atoms with E-state index in [2.05, 4.69) is 17.0 Å². The van der Waals surface area contributed by atoms with Crippen LogP contribution in [0.25, 0.3) is 0 Å².